The quantitative estimate of drug-likeness (QED) is 0.505. The Morgan fingerprint density at radius 2 is 2.00 bits per heavy atom. The van der Waals surface area contributed by atoms with Crippen LogP contribution in [0.4, 0.5) is 11.4 Å². The predicted octanol–water partition coefficient (Wildman–Crippen LogP) is 2.28. The molecule has 0 spiro atoms. The molecule has 1 amide bonds. The molecule has 7 nitrogen and oxygen atoms in total. The fourth-order valence-corrected chi connectivity index (χ4v) is 2.99. The Bertz CT molecular complexity index is 551. The number of nitrogens with one attached hydrogen (secondary N) is 1. The van der Waals surface area contributed by atoms with Gasteiger partial charge in [-0.15, -0.1) is 0 Å². The zero-order valence-corrected chi connectivity index (χ0v) is 12.2. The molecule has 2 atom stereocenters. The predicted molar refractivity (Wildman–Crippen MR) is 79.9 cm³/mol. The minimum Gasteiger partial charge on any atom is -0.333 e. The first kappa shape index (κ1) is 15.2. The number of piperidine rings is 1. The standard InChI is InChI=1S/C14H20N4O3/c1-9-5-3-6-10(2)17(9)14(19)11-7-4-8-12(16-15)13(11)18(20)21/h4,7-10,16H,3,5-6,15H2,1-2H3/t9-,10+. The number of nitro benzene ring substituents is 1. The number of hydrazine groups is 1. The van der Waals surface area contributed by atoms with Crippen LogP contribution in [0.2, 0.25) is 0 Å². The highest BCUT2D eigenvalue weighted by molar-refractivity contribution is 6.00. The van der Waals surface area contributed by atoms with Crippen molar-refractivity contribution in [3.8, 4) is 0 Å². The molecule has 1 aromatic rings. The molecule has 2 rings (SSSR count). The summed E-state index contributed by atoms with van der Waals surface area (Å²) in [4.78, 5) is 25.2. The van der Waals surface area contributed by atoms with Crippen LogP contribution in [-0.4, -0.2) is 27.8 Å². The van der Waals surface area contributed by atoms with Crippen LogP contribution in [0, 0.1) is 10.1 Å². The number of carbonyl (C=O) groups excluding carboxylic acids is 1. The van der Waals surface area contributed by atoms with E-state index in [1.54, 1.807) is 11.0 Å². The van der Waals surface area contributed by atoms with E-state index in [2.05, 4.69) is 5.43 Å². The zero-order chi connectivity index (χ0) is 15.6. The summed E-state index contributed by atoms with van der Waals surface area (Å²) in [7, 11) is 0. The van der Waals surface area contributed by atoms with Gasteiger partial charge in [-0.25, -0.2) is 0 Å². The van der Waals surface area contributed by atoms with Crippen molar-refractivity contribution in [2.75, 3.05) is 5.43 Å². The van der Waals surface area contributed by atoms with Crippen molar-refractivity contribution in [1.82, 2.24) is 4.90 Å². The summed E-state index contributed by atoms with van der Waals surface area (Å²) in [5.74, 6) is 5.00. The first-order valence-corrected chi connectivity index (χ1v) is 7.04. The molecule has 0 aliphatic carbocycles. The van der Waals surface area contributed by atoms with E-state index < -0.39 is 4.92 Å². The molecule has 114 valence electrons. The van der Waals surface area contributed by atoms with Gasteiger partial charge >= 0.3 is 5.69 Å². The van der Waals surface area contributed by atoms with Crippen LogP contribution in [-0.2, 0) is 0 Å². The first-order valence-electron chi connectivity index (χ1n) is 7.04. The third-order valence-electron chi connectivity index (χ3n) is 4.03. The van der Waals surface area contributed by atoms with Crippen molar-refractivity contribution < 1.29 is 9.72 Å². The van der Waals surface area contributed by atoms with Gasteiger partial charge in [0.2, 0.25) is 0 Å². The average Bonchev–Trinajstić information content (AvgIpc) is 2.45. The summed E-state index contributed by atoms with van der Waals surface area (Å²) < 4.78 is 0. The second-order valence-corrected chi connectivity index (χ2v) is 5.44. The van der Waals surface area contributed by atoms with Crippen LogP contribution >= 0.6 is 0 Å². The van der Waals surface area contributed by atoms with Crippen molar-refractivity contribution in [2.24, 2.45) is 5.84 Å². The number of likely N-dealkylation sites (tertiary alicyclic amines) is 1. The maximum absolute atomic E-state index is 12.8. The molecule has 7 heteroatoms. The highest BCUT2D eigenvalue weighted by Gasteiger charge is 2.34. The van der Waals surface area contributed by atoms with E-state index in [-0.39, 0.29) is 34.9 Å². The van der Waals surface area contributed by atoms with Gasteiger partial charge in [-0.1, -0.05) is 6.07 Å². The number of hydrogen-bond acceptors (Lipinski definition) is 5. The highest BCUT2D eigenvalue weighted by atomic mass is 16.6. The van der Waals surface area contributed by atoms with Crippen LogP contribution in [0.5, 0.6) is 0 Å². The van der Waals surface area contributed by atoms with Gasteiger partial charge in [0.15, 0.2) is 0 Å². The lowest BCUT2D eigenvalue weighted by molar-refractivity contribution is -0.384. The molecule has 21 heavy (non-hydrogen) atoms. The van der Waals surface area contributed by atoms with Gasteiger partial charge in [0, 0.05) is 12.1 Å². The number of nitro groups is 1. The molecular weight excluding hydrogens is 272 g/mol. The molecule has 0 bridgehead atoms. The van der Waals surface area contributed by atoms with Gasteiger partial charge in [-0.2, -0.15) is 0 Å². The minimum absolute atomic E-state index is 0.0790. The second-order valence-electron chi connectivity index (χ2n) is 5.44. The maximum atomic E-state index is 12.8. The van der Waals surface area contributed by atoms with Crippen molar-refractivity contribution in [2.45, 2.75) is 45.2 Å². The summed E-state index contributed by atoms with van der Waals surface area (Å²) in [6.07, 6.45) is 2.90. The number of rotatable bonds is 3. The van der Waals surface area contributed by atoms with Gasteiger partial charge in [-0.3, -0.25) is 20.8 Å². The molecule has 1 fully saturated rings. The molecule has 1 heterocycles. The van der Waals surface area contributed by atoms with E-state index >= 15 is 0 Å². The van der Waals surface area contributed by atoms with Crippen molar-refractivity contribution in [1.29, 1.82) is 0 Å². The normalized spacial score (nSPS) is 22.0. The Balaban J connectivity index is 2.45. The van der Waals surface area contributed by atoms with E-state index in [9.17, 15) is 14.9 Å². The molecule has 0 aromatic heterocycles. The van der Waals surface area contributed by atoms with Crippen molar-refractivity contribution in [3.05, 3.63) is 33.9 Å². The Morgan fingerprint density at radius 1 is 1.38 bits per heavy atom. The van der Waals surface area contributed by atoms with Crippen molar-refractivity contribution >= 4 is 17.3 Å². The van der Waals surface area contributed by atoms with Crippen molar-refractivity contribution in [3.63, 3.8) is 0 Å². The van der Waals surface area contributed by atoms with E-state index in [0.717, 1.165) is 19.3 Å². The smallest absolute Gasteiger partial charge is 0.306 e. The topological polar surface area (TPSA) is 102 Å². The third kappa shape index (κ3) is 2.82. The largest absolute Gasteiger partial charge is 0.333 e. The fraction of sp³-hybridized carbons (Fsp3) is 0.500. The SMILES string of the molecule is C[C@@H]1CCC[C@H](C)N1C(=O)c1cccc(NN)c1[N+](=O)[O-]. The lowest BCUT2D eigenvalue weighted by atomic mass is 9.96. The second kappa shape index (κ2) is 6.09. The van der Waals surface area contributed by atoms with Crippen LogP contribution < -0.4 is 11.3 Å². The number of nitrogens with two attached hydrogens (primary N) is 1. The molecule has 0 saturated carbocycles. The molecule has 0 unspecified atom stereocenters. The molecule has 1 aliphatic rings. The summed E-state index contributed by atoms with van der Waals surface area (Å²) in [6, 6.07) is 4.72. The van der Waals surface area contributed by atoms with Gasteiger partial charge in [0.05, 0.1) is 4.92 Å². The monoisotopic (exact) mass is 292 g/mol. The number of carbonyl (C=O) groups is 1. The number of benzene rings is 1. The Morgan fingerprint density at radius 3 is 2.52 bits per heavy atom. The summed E-state index contributed by atoms with van der Waals surface area (Å²) >= 11 is 0. The van der Waals surface area contributed by atoms with E-state index in [4.69, 9.17) is 5.84 Å². The Labute approximate surface area is 123 Å². The molecule has 0 radical (unpaired) electrons. The van der Waals surface area contributed by atoms with Crippen LogP contribution in [0.25, 0.3) is 0 Å². The lowest BCUT2D eigenvalue weighted by Crippen LogP contribution is -2.47. The summed E-state index contributed by atoms with van der Waals surface area (Å²) in [5.41, 5.74) is 2.24. The number of anilines is 1. The number of nitrogens with zero attached hydrogens (tertiary/aromatic N) is 2. The Hall–Kier alpha value is -2.15. The molecule has 3 N–H and O–H groups in total. The highest BCUT2D eigenvalue weighted by Crippen LogP contribution is 2.32. The van der Waals surface area contributed by atoms with Crippen LogP contribution in [0.3, 0.4) is 0 Å². The van der Waals surface area contributed by atoms with E-state index in [1.165, 1.54) is 12.1 Å². The maximum Gasteiger partial charge on any atom is 0.306 e. The average molecular weight is 292 g/mol. The van der Waals surface area contributed by atoms with Crippen LogP contribution in [0.1, 0.15) is 43.5 Å². The van der Waals surface area contributed by atoms with E-state index in [1.807, 2.05) is 13.8 Å². The van der Waals surface area contributed by atoms with E-state index in [0.29, 0.717) is 0 Å². The lowest BCUT2D eigenvalue weighted by Gasteiger charge is -2.39. The summed E-state index contributed by atoms with van der Waals surface area (Å²) in [6.45, 7) is 3.95. The third-order valence-corrected chi connectivity index (χ3v) is 4.03. The Kier molecular flexibility index (Phi) is 4.42. The number of para-hydroxylation sites is 1. The molecular formula is C14H20N4O3. The van der Waals surface area contributed by atoms with Gasteiger partial charge in [0.25, 0.3) is 5.91 Å². The van der Waals surface area contributed by atoms with Gasteiger partial charge < -0.3 is 10.3 Å². The first-order chi connectivity index (χ1) is 9.97. The number of hydrogen-bond donors (Lipinski definition) is 2. The number of amides is 1. The molecule has 1 aliphatic heterocycles. The zero-order valence-electron chi connectivity index (χ0n) is 12.2. The number of nitrogen functional groups attached to an aromatic ring is 1. The van der Waals surface area contributed by atoms with Crippen LogP contribution in [0.15, 0.2) is 18.2 Å². The molecule has 1 saturated heterocycles. The fourth-order valence-electron chi connectivity index (χ4n) is 2.99. The molecule has 1 aromatic carbocycles. The minimum atomic E-state index is -0.568. The van der Waals surface area contributed by atoms with Gasteiger partial charge in [-0.05, 0) is 45.2 Å². The summed E-state index contributed by atoms with van der Waals surface area (Å²) in [5, 5.41) is 11.3. The van der Waals surface area contributed by atoms with Gasteiger partial charge in [0.1, 0.15) is 11.3 Å².